The van der Waals surface area contributed by atoms with Gasteiger partial charge in [-0.3, -0.25) is 4.79 Å². The molecule has 0 spiro atoms. The number of aliphatic carboxylic acids is 1. The van der Waals surface area contributed by atoms with E-state index in [1.165, 1.54) is 5.19 Å². The largest absolute Gasteiger partial charge is 0.481 e. The van der Waals surface area contributed by atoms with Crippen molar-refractivity contribution < 1.29 is 15.0 Å². The van der Waals surface area contributed by atoms with Crippen LogP contribution in [0.15, 0.2) is 24.3 Å². The van der Waals surface area contributed by atoms with Crippen LogP contribution in [0.25, 0.3) is 0 Å². The van der Waals surface area contributed by atoms with Gasteiger partial charge in [-0.1, -0.05) is 42.5 Å². The van der Waals surface area contributed by atoms with Crippen LogP contribution >= 0.6 is 0 Å². The molecule has 0 aromatic heterocycles. The number of carboxylic acid groups (broad SMARTS) is 1. The molecule has 0 heterocycles. The molecule has 2 N–H and O–H groups in total. The zero-order valence-electron chi connectivity index (χ0n) is 9.73. The lowest BCUT2D eigenvalue weighted by atomic mass is 10.2. The second-order valence-electron chi connectivity index (χ2n) is 4.63. The van der Waals surface area contributed by atoms with Gasteiger partial charge in [-0.2, -0.15) is 0 Å². The smallest absolute Gasteiger partial charge is 0.303 e. The molecule has 0 saturated heterocycles. The standard InChI is InChI=1S/C12H18O3Si/c1-16(2,8-7-12(14)15)11-5-3-10(9-13)4-6-11/h3-6,13H,7-9H2,1-2H3,(H,14,15). The molecule has 0 saturated carbocycles. The predicted molar refractivity (Wildman–Crippen MR) is 66.5 cm³/mol. The third kappa shape index (κ3) is 3.47. The van der Waals surface area contributed by atoms with E-state index in [1.54, 1.807) is 0 Å². The summed E-state index contributed by atoms with van der Waals surface area (Å²) in [7, 11) is -1.64. The maximum absolute atomic E-state index is 10.6. The van der Waals surface area contributed by atoms with Gasteiger partial charge in [0.25, 0.3) is 0 Å². The Morgan fingerprint density at radius 2 is 1.81 bits per heavy atom. The van der Waals surface area contributed by atoms with Gasteiger partial charge in [0.1, 0.15) is 0 Å². The molecule has 0 aliphatic rings. The lowest BCUT2D eigenvalue weighted by Gasteiger charge is -2.22. The molecule has 0 aliphatic carbocycles. The van der Waals surface area contributed by atoms with Gasteiger partial charge in [-0.05, 0) is 11.6 Å². The number of hydrogen-bond donors (Lipinski definition) is 2. The van der Waals surface area contributed by atoms with Crippen LogP contribution in [0, 0.1) is 0 Å². The van der Waals surface area contributed by atoms with Crippen molar-refractivity contribution >= 4 is 19.2 Å². The van der Waals surface area contributed by atoms with Crippen LogP contribution in [0.5, 0.6) is 0 Å². The third-order valence-electron chi connectivity index (χ3n) is 2.88. The molecule has 0 aliphatic heterocycles. The van der Waals surface area contributed by atoms with Gasteiger partial charge in [0.15, 0.2) is 0 Å². The molecule has 0 fully saturated rings. The first-order valence-corrected chi connectivity index (χ1v) is 8.58. The molecule has 16 heavy (non-hydrogen) atoms. The molecular weight excluding hydrogens is 220 g/mol. The lowest BCUT2D eigenvalue weighted by Crippen LogP contribution is -2.41. The van der Waals surface area contributed by atoms with E-state index >= 15 is 0 Å². The second kappa shape index (κ2) is 5.27. The summed E-state index contributed by atoms with van der Waals surface area (Å²) >= 11 is 0. The minimum Gasteiger partial charge on any atom is -0.481 e. The molecule has 0 amide bonds. The van der Waals surface area contributed by atoms with Crippen LogP contribution in [0.2, 0.25) is 19.1 Å². The molecule has 3 nitrogen and oxygen atoms in total. The van der Waals surface area contributed by atoms with Gasteiger partial charge >= 0.3 is 5.97 Å². The molecule has 0 atom stereocenters. The van der Waals surface area contributed by atoms with Crippen LogP contribution in [0.3, 0.4) is 0 Å². The molecular formula is C12H18O3Si. The number of aliphatic hydroxyl groups excluding tert-OH is 1. The number of carboxylic acids is 1. The summed E-state index contributed by atoms with van der Waals surface area (Å²) in [6.07, 6.45) is 0.237. The zero-order chi connectivity index (χ0) is 12.2. The summed E-state index contributed by atoms with van der Waals surface area (Å²) in [5, 5.41) is 18.9. The monoisotopic (exact) mass is 238 g/mol. The van der Waals surface area contributed by atoms with Crippen molar-refractivity contribution in [1.29, 1.82) is 0 Å². The zero-order valence-corrected chi connectivity index (χ0v) is 10.7. The highest BCUT2D eigenvalue weighted by Gasteiger charge is 2.23. The first-order chi connectivity index (χ1) is 7.45. The molecule has 1 aromatic rings. The molecule has 88 valence electrons. The van der Waals surface area contributed by atoms with Gasteiger partial charge in [-0.25, -0.2) is 0 Å². The molecule has 0 unspecified atom stereocenters. The fourth-order valence-electron chi connectivity index (χ4n) is 1.63. The Labute approximate surface area is 96.8 Å². The number of aliphatic hydroxyl groups is 1. The third-order valence-corrected chi connectivity index (χ3v) is 6.28. The summed E-state index contributed by atoms with van der Waals surface area (Å²) in [5.74, 6) is -0.729. The quantitative estimate of drug-likeness (QED) is 0.766. The first-order valence-electron chi connectivity index (χ1n) is 5.38. The SMILES string of the molecule is C[Si](C)(CCC(=O)O)c1ccc(CO)cc1. The van der Waals surface area contributed by atoms with Crippen molar-refractivity contribution in [2.45, 2.75) is 32.2 Å². The van der Waals surface area contributed by atoms with Gasteiger partial charge in [-0.15, -0.1) is 0 Å². The van der Waals surface area contributed by atoms with Gasteiger partial charge in [0.05, 0.1) is 14.7 Å². The summed E-state index contributed by atoms with van der Waals surface area (Å²) in [6, 6.07) is 8.59. The van der Waals surface area contributed by atoms with Crippen molar-refractivity contribution in [3.8, 4) is 0 Å². The molecule has 4 heteroatoms. The van der Waals surface area contributed by atoms with Crippen LogP contribution in [0.4, 0.5) is 0 Å². The van der Waals surface area contributed by atoms with E-state index in [2.05, 4.69) is 13.1 Å². The molecule has 0 radical (unpaired) electrons. The second-order valence-corrected chi connectivity index (χ2v) is 9.48. The Kier molecular flexibility index (Phi) is 4.26. The normalized spacial score (nSPS) is 11.4. The Hall–Kier alpha value is -1.13. The van der Waals surface area contributed by atoms with Crippen LogP contribution < -0.4 is 5.19 Å². The topological polar surface area (TPSA) is 57.5 Å². The maximum atomic E-state index is 10.6. The van der Waals surface area contributed by atoms with Gasteiger partial charge < -0.3 is 10.2 Å². The minimum absolute atomic E-state index is 0.0530. The van der Waals surface area contributed by atoms with Gasteiger partial charge in [0, 0.05) is 6.42 Å². The van der Waals surface area contributed by atoms with Crippen molar-refractivity contribution in [3.05, 3.63) is 29.8 Å². The van der Waals surface area contributed by atoms with E-state index in [1.807, 2.05) is 24.3 Å². The highest BCUT2D eigenvalue weighted by Crippen LogP contribution is 2.13. The Bertz CT molecular complexity index is 357. The van der Waals surface area contributed by atoms with Crippen LogP contribution in [-0.2, 0) is 11.4 Å². The average molecular weight is 238 g/mol. The van der Waals surface area contributed by atoms with E-state index in [4.69, 9.17) is 10.2 Å². The number of benzene rings is 1. The van der Waals surface area contributed by atoms with E-state index < -0.39 is 14.0 Å². The lowest BCUT2D eigenvalue weighted by molar-refractivity contribution is -0.136. The van der Waals surface area contributed by atoms with E-state index in [0.29, 0.717) is 0 Å². The molecule has 1 rings (SSSR count). The van der Waals surface area contributed by atoms with Crippen molar-refractivity contribution in [2.24, 2.45) is 0 Å². The van der Waals surface area contributed by atoms with Crippen molar-refractivity contribution in [2.75, 3.05) is 0 Å². The van der Waals surface area contributed by atoms with Crippen LogP contribution in [-0.4, -0.2) is 24.3 Å². The highest BCUT2D eigenvalue weighted by molar-refractivity contribution is 6.89. The predicted octanol–water partition coefficient (Wildman–Crippen LogP) is 1.57. The minimum atomic E-state index is -1.64. The maximum Gasteiger partial charge on any atom is 0.303 e. The van der Waals surface area contributed by atoms with Crippen LogP contribution in [0.1, 0.15) is 12.0 Å². The Morgan fingerprint density at radius 3 is 2.25 bits per heavy atom. The summed E-state index contributed by atoms with van der Waals surface area (Å²) in [4.78, 5) is 10.6. The average Bonchev–Trinajstić information content (AvgIpc) is 2.27. The van der Waals surface area contributed by atoms with E-state index in [0.717, 1.165) is 11.6 Å². The summed E-state index contributed by atoms with van der Waals surface area (Å²) in [6.45, 7) is 4.39. The van der Waals surface area contributed by atoms with Gasteiger partial charge in [0.2, 0.25) is 0 Å². The van der Waals surface area contributed by atoms with E-state index in [-0.39, 0.29) is 13.0 Å². The van der Waals surface area contributed by atoms with Crippen molar-refractivity contribution in [1.82, 2.24) is 0 Å². The fourth-order valence-corrected chi connectivity index (χ4v) is 3.82. The number of rotatable bonds is 5. The number of hydrogen-bond acceptors (Lipinski definition) is 2. The first kappa shape index (κ1) is 12.9. The fraction of sp³-hybridized carbons (Fsp3) is 0.417. The highest BCUT2D eigenvalue weighted by atomic mass is 28.3. The summed E-state index contributed by atoms with van der Waals surface area (Å²) in [5.41, 5.74) is 0.895. The Morgan fingerprint density at radius 1 is 1.25 bits per heavy atom. The number of carbonyl (C=O) groups is 1. The summed E-state index contributed by atoms with van der Waals surface area (Å²) < 4.78 is 0. The van der Waals surface area contributed by atoms with E-state index in [9.17, 15) is 4.79 Å². The molecule has 0 bridgehead atoms. The Balaban J connectivity index is 2.76. The van der Waals surface area contributed by atoms with Crippen molar-refractivity contribution in [3.63, 3.8) is 0 Å². The molecule has 1 aromatic carbocycles.